The van der Waals surface area contributed by atoms with Crippen LogP contribution in [0.5, 0.6) is 0 Å². The fourth-order valence-corrected chi connectivity index (χ4v) is 1.44. The van der Waals surface area contributed by atoms with Crippen LogP contribution < -0.4 is 5.73 Å². The van der Waals surface area contributed by atoms with Gasteiger partial charge in [0.15, 0.2) is 0 Å². The fraction of sp³-hybridized carbons (Fsp3) is 0. The van der Waals surface area contributed by atoms with Crippen molar-refractivity contribution in [2.45, 2.75) is 0 Å². The second-order valence-electron chi connectivity index (χ2n) is 2.96. The third-order valence-electron chi connectivity index (χ3n) is 1.89. The van der Waals surface area contributed by atoms with E-state index in [2.05, 4.69) is 9.97 Å². The first-order valence-electron chi connectivity index (χ1n) is 4.20. The lowest BCUT2D eigenvalue weighted by Gasteiger charge is -2.02. The second kappa shape index (κ2) is 4.04. The molecule has 15 heavy (non-hydrogen) atoms. The minimum absolute atomic E-state index is 0.388. The molecule has 2 rings (SSSR count). The number of halogens is 2. The lowest BCUT2D eigenvalue weighted by atomic mass is 10.2. The van der Waals surface area contributed by atoms with Crippen molar-refractivity contribution in [3.8, 4) is 11.3 Å². The summed E-state index contributed by atoms with van der Waals surface area (Å²) in [5, 5.41) is 1.01. The van der Waals surface area contributed by atoms with Crippen molar-refractivity contribution < 1.29 is 0 Å². The molecule has 2 N–H and O–H groups in total. The van der Waals surface area contributed by atoms with Gasteiger partial charge in [0.1, 0.15) is 5.82 Å². The van der Waals surface area contributed by atoms with Crippen LogP contribution in [0.2, 0.25) is 10.0 Å². The fourth-order valence-electron chi connectivity index (χ4n) is 1.14. The monoisotopic (exact) mass is 239 g/mol. The molecule has 0 saturated carbocycles. The number of aromatic nitrogens is 2. The molecule has 5 heteroatoms. The van der Waals surface area contributed by atoms with Gasteiger partial charge in [-0.3, -0.25) is 4.98 Å². The van der Waals surface area contributed by atoms with Crippen molar-refractivity contribution in [2.75, 3.05) is 5.73 Å². The number of hydrogen-bond donors (Lipinski definition) is 1. The molecule has 3 nitrogen and oxygen atoms in total. The summed E-state index contributed by atoms with van der Waals surface area (Å²) in [6.07, 6.45) is 3.09. The topological polar surface area (TPSA) is 51.8 Å². The van der Waals surface area contributed by atoms with Crippen molar-refractivity contribution in [1.29, 1.82) is 0 Å². The Labute approximate surface area is 96.9 Å². The Hall–Kier alpha value is -1.32. The number of hydrogen-bond acceptors (Lipinski definition) is 3. The Morgan fingerprint density at radius 3 is 2.40 bits per heavy atom. The van der Waals surface area contributed by atoms with Crippen LogP contribution in [0.3, 0.4) is 0 Å². The van der Waals surface area contributed by atoms with Gasteiger partial charge in [0, 0.05) is 5.56 Å². The van der Waals surface area contributed by atoms with E-state index in [1.165, 1.54) is 6.20 Å². The lowest BCUT2D eigenvalue weighted by molar-refractivity contribution is 1.22. The summed E-state index contributed by atoms with van der Waals surface area (Å²) in [6, 6.07) is 5.29. The zero-order chi connectivity index (χ0) is 10.8. The molecule has 0 fully saturated rings. The van der Waals surface area contributed by atoms with Gasteiger partial charge in [-0.2, -0.15) is 0 Å². The highest BCUT2D eigenvalue weighted by Gasteiger charge is 2.03. The average Bonchev–Trinajstić information content (AvgIpc) is 2.23. The van der Waals surface area contributed by atoms with E-state index in [-0.39, 0.29) is 0 Å². The van der Waals surface area contributed by atoms with E-state index in [1.54, 1.807) is 18.3 Å². The van der Waals surface area contributed by atoms with Gasteiger partial charge in [-0.05, 0) is 12.1 Å². The van der Waals surface area contributed by atoms with Crippen LogP contribution in [0.4, 0.5) is 5.82 Å². The number of rotatable bonds is 1. The number of nitrogen functional groups attached to an aromatic ring is 1. The lowest BCUT2D eigenvalue weighted by Crippen LogP contribution is -1.92. The maximum absolute atomic E-state index is 5.89. The smallest absolute Gasteiger partial charge is 0.141 e. The Morgan fingerprint density at radius 2 is 1.80 bits per heavy atom. The van der Waals surface area contributed by atoms with Crippen LogP contribution in [0.1, 0.15) is 0 Å². The van der Waals surface area contributed by atoms with Gasteiger partial charge in [-0.1, -0.05) is 29.3 Å². The molecule has 0 radical (unpaired) electrons. The first-order valence-corrected chi connectivity index (χ1v) is 4.95. The van der Waals surface area contributed by atoms with Gasteiger partial charge in [-0.25, -0.2) is 4.98 Å². The predicted molar refractivity (Wildman–Crippen MR) is 61.9 cm³/mol. The normalized spacial score (nSPS) is 10.3. The molecule has 0 bridgehead atoms. The van der Waals surface area contributed by atoms with Gasteiger partial charge in [0.25, 0.3) is 0 Å². The van der Waals surface area contributed by atoms with Crippen LogP contribution >= 0.6 is 23.2 Å². The molecule has 1 aromatic heterocycles. The summed E-state index contributed by atoms with van der Waals surface area (Å²) in [5.74, 6) is 0.388. The Balaban J connectivity index is 2.45. The van der Waals surface area contributed by atoms with E-state index < -0.39 is 0 Å². The molecule has 0 aliphatic carbocycles. The molecule has 1 aromatic carbocycles. The van der Waals surface area contributed by atoms with Gasteiger partial charge in [0.05, 0.1) is 28.1 Å². The number of nitrogens with two attached hydrogens (primary N) is 1. The maximum atomic E-state index is 5.89. The third-order valence-corrected chi connectivity index (χ3v) is 2.63. The molecular weight excluding hydrogens is 233 g/mol. The van der Waals surface area contributed by atoms with Crippen LogP contribution in [0.15, 0.2) is 30.6 Å². The van der Waals surface area contributed by atoms with E-state index in [0.29, 0.717) is 21.6 Å². The van der Waals surface area contributed by atoms with Crippen molar-refractivity contribution in [2.24, 2.45) is 0 Å². The number of nitrogens with zero attached hydrogens (tertiary/aromatic N) is 2. The summed E-state index contributed by atoms with van der Waals surface area (Å²) in [4.78, 5) is 8.08. The minimum atomic E-state index is 0.388. The summed E-state index contributed by atoms with van der Waals surface area (Å²) in [7, 11) is 0. The zero-order valence-electron chi connectivity index (χ0n) is 7.61. The molecule has 76 valence electrons. The van der Waals surface area contributed by atoms with Gasteiger partial charge < -0.3 is 5.73 Å². The van der Waals surface area contributed by atoms with Gasteiger partial charge in [0.2, 0.25) is 0 Å². The molecule has 0 spiro atoms. The SMILES string of the molecule is Nc1cnc(-c2ccc(Cl)c(Cl)c2)cn1. The van der Waals surface area contributed by atoms with E-state index in [0.717, 1.165) is 5.56 Å². The second-order valence-corrected chi connectivity index (χ2v) is 3.77. The predicted octanol–water partition coefficient (Wildman–Crippen LogP) is 3.03. The summed E-state index contributed by atoms with van der Waals surface area (Å²) in [6.45, 7) is 0. The standard InChI is InChI=1S/C10H7Cl2N3/c11-7-2-1-6(3-8(7)12)9-4-15-10(13)5-14-9/h1-5H,(H2,13,15). The molecule has 0 aliphatic heterocycles. The van der Waals surface area contributed by atoms with Crippen LogP contribution in [-0.4, -0.2) is 9.97 Å². The van der Waals surface area contributed by atoms with Gasteiger partial charge in [-0.15, -0.1) is 0 Å². The van der Waals surface area contributed by atoms with Gasteiger partial charge >= 0.3 is 0 Å². The largest absolute Gasteiger partial charge is 0.382 e. The molecular formula is C10H7Cl2N3. The molecule has 2 aromatic rings. The van der Waals surface area contributed by atoms with Crippen LogP contribution in [-0.2, 0) is 0 Å². The molecule has 1 heterocycles. The Bertz CT molecular complexity index is 483. The zero-order valence-corrected chi connectivity index (χ0v) is 9.13. The van der Waals surface area contributed by atoms with E-state index in [1.807, 2.05) is 6.07 Å². The molecule has 0 unspecified atom stereocenters. The van der Waals surface area contributed by atoms with E-state index in [9.17, 15) is 0 Å². The van der Waals surface area contributed by atoms with Crippen molar-refractivity contribution in [3.63, 3.8) is 0 Å². The minimum Gasteiger partial charge on any atom is -0.382 e. The first kappa shape index (κ1) is 10.2. The van der Waals surface area contributed by atoms with Crippen molar-refractivity contribution >= 4 is 29.0 Å². The highest BCUT2D eigenvalue weighted by Crippen LogP contribution is 2.27. The quantitative estimate of drug-likeness (QED) is 0.833. The summed E-state index contributed by atoms with van der Waals surface area (Å²) >= 11 is 11.7. The van der Waals surface area contributed by atoms with E-state index >= 15 is 0 Å². The highest BCUT2D eigenvalue weighted by atomic mass is 35.5. The van der Waals surface area contributed by atoms with Crippen LogP contribution in [0, 0.1) is 0 Å². The highest BCUT2D eigenvalue weighted by molar-refractivity contribution is 6.42. The number of anilines is 1. The van der Waals surface area contributed by atoms with Crippen LogP contribution in [0.25, 0.3) is 11.3 Å². The molecule has 0 saturated heterocycles. The Kier molecular flexibility index (Phi) is 2.75. The molecule has 0 amide bonds. The molecule has 0 aliphatic rings. The third kappa shape index (κ3) is 2.19. The van der Waals surface area contributed by atoms with Crippen molar-refractivity contribution in [1.82, 2.24) is 9.97 Å². The van der Waals surface area contributed by atoms with Crippen molar-refractivity contribution in [3.05, 3.63) is 40.6 Å². The summed E-state index contributed by atoms with van der Waals surface area (Å²) in [5.41, 5.74) is 7.01. The summed E-state index contributed by atoms with van der Waals surface area (Å²) < 4.78 is 0. The first-order chi connectivity index (χ1) is 7.16. The number of benzene rings is 1. The average molecular weight is 240 g/mol. The maximum Gasteiger partial charge on any atom is 0.141 e. The molecule has 0 atom stereocenters. The van der Waals surface area contributed by atoms with E-state index in [4.69, 9.17) is 28.9 Å². The Morgan fingerprint density at radius 1 is 1.00 bits per heavy atom.